The smallest absolute Gasteiger partial charge is 0.150 e. The number of hydrogen-bond donors (Lipinski definition) is 1. The maximum absolute atomic E-state index is 10.7. The third-order valence-corrected chi connectivity index (χ3v) is 4.52. The van der Waals surface area contributed by atoms with Gasteiger partial charge in [-0.3, -0.25) is 4.79 Å². The van der Waals surface area contributed by atoms with Gasteiger partial charge in [-0.1, -0.05) is 0 Å². The Labute approximate surface area is 107 Å². The maximum Gasteiger partial charge on any atom is 0.150 e. The molecule has 96 valence electrons. The Morgan fingerprint density at radius 2 is 2.17 bits per heavy atom. The number of aliphatic hydroxyl groups is 1. The van der Waals surface area contributed by atoms with Crippen molar-refractivity contribution < 1.29 is 9.90 Å². The minimum absolute atomic E-state index is 0.116. The van der Waals surface area contributed by atoms with E-state index in [1.165, 1.54) is 5.69 Å². The van der Waals surface area contributed by atoms with Crippen molar-refractivity contribution in [1.29, 1.82) is 0 Å². The summed E-state index contributed by atoms with van der Waals surface area (Å²) in [4.78, 5) is 13.1. The minimum atomic E-state index is -0.116. The SMILES string of the molecule is Cc1cc(C=O)ccc1N1CC2CCC(O)C2C1. The van der Waals surface area contributed by atoms with E-state index in [-0.39, 0.29) is 6.10 Å². The zero-order valence-corrected chi connectivity index (χ0v) is 10.7. The van der Waals surface area contributed by atoms with E-state index in [9.17, 15) is 9.90 Å². The molecular weight excluding hydrogens is 226 g/mol. The fourth-order valence-electron chi connectivity index (χ4n) is 3.54. The third kappa shape index (κ3) is 1.83. The molecular formula is C15H19NO2. The van der Waals surface area contributed by atoms with Crippen molar-refractivity contribution in [3.63, 3.8) is 0 Å². The van der Waals surface area contributed by atoms with Crippen molar-refractivity contribution in [3.8, 4) is 0 Å². The molecule has 0 radical (unpaired) electrons. The molecule has 0 amide bonds. The highest BCUT2D eigenvalue weighted by Gasteiger charge is 2.42. The van der Waals surface area contributed by atoms with E-state index in [0.717, 1.165) is 43.3 Å². The number of anilines is 1. The topological polar surface area (TPSA) is 40.5 Å². The van der Waals surface area contributed by atoms with Crippen molar-refractivity contribution in [2.75, 3.05) is 18.0 Å². The molecule has 0 bridgehead atoms. The van der Waals surface area contributed by atoms with Crippen LogP contribution in [0.2, 0.25) is 0 Å². The van der Waals surface area contributed by atoms with Gasteiger partial charge in [0.2, 0.25) is 0 Å². The molecule has 1 aliphatic heterocycles. The van der Waals surface area contributed by atoms with Crippen molar-refractivity contribution in [2.45, 2.75) is 25.9 Å². The van der Waals surface area contributed by atoms with Gasteiger partial charge in [-0.25, -0.2) is 0 Å². The largest absolute Gasteiger partial charge is 0.393 e. The number of aryl methyl sites for hydroxylation is 1. The van der Waals surface area contributed by atoms with E-state index in [1.807, 2.05) is 25.1 Å². The van der Waals surface area contributed by atoms with Crippen molar-refractivity contribution in [1.82, 2.24) is 0 Å². The van der Waals surface area contributed by atoms with Crippen LogP contribution in [-0.4, -0.2) is 30.6 Å². The van der Waals surface area contributed by atoms with Gasteiger partial charge in [-0.05, 0) is 49.4 Å². The van der Waals surface area contributed by atoms with Crippen molar-refractivity contribution in [3.05, 3.63) is 29.3 Å². The van der Waals surface area contributed by atoms with Crippen LogP contribution in [0.3, 0.4) is 0 Å². The first-order chi connectivity index (χ1) is 8.69. The highest BCUT2D eigenvalue weighted by molar-refractivity contribution is 5.77. The number of aliphatic hydroxyl groups excluding tert-OH is 1. The molecule has 0 aromatic heterocycles. The number of aldehydes is 1. The number of nitrogens with zero attached hydrogens (tertiary/aromatic N) is 1. The predicted molar refractivity (Wildman–Crippen MR) is 71.0 cm³/mol. The second-order valence-electron chi connectivity index (χ2n) is 5.64. The number of hydrogen-bond acceptors (Lipinski definition) is 3. The quantitative estimate of drug-likeness (QED) is 0.810. The first-order valence-electron chi connectivity index (χ1n) is 6.68. The van der Waals surface area contributed by atoms with E-state index in [0.29, 0.717) is 11.8 Å². The molecule has 1 aromatic carbocycles. The zero-order chi connectivity index (χ0) is 12.7. The molecule has 3 unspecified atom stereocenters. The molecule has 3 nitrogen and oxygen atoms in total. The lowest BCUT2D eigenvalue weighted by atomic mass is 10.00. The molecule has 3 rings (SSSR count). The molecule has 1 saturated heterocycles. The monoisotopic (exact) mass is 245 g/mol. The summed E-state index contributed by atoms with van der Waals surface area (Å²) in [5.41, 5.74) is 3.09. The van der Waals surface area contributed by atoms with Gasteiger partial charge in [0.05, 0.1) is 6.10 Å². The molecule has 1 aromatic rings. The first-order valence-corrected chi connectivity index (χ1v) is 6.68. The van der Waals surface area contributed by atoms with Crippen molar-refractivity contribution >= 4 is 12.0 Å². The summed E-state index contributed by atoms with van der Waals surface area (Å²) < 4.78 is 0. The molecule has 2 aliphatic rings. The predicted octanol–water partition coefficient (Wildman–Crippen LogP) is 2.01. The Morgan fingerprint density at radius 1 is 1.33 bits per heavy atom. The molecule has 1 saturated carbocycles. The van der Waals surface area contributed by atoms with E-state index in [2.05, 4.69) is 4.90 Å². The second-order valence-corrected chi connectivity index (χ2v) is 5.64. The van der Waals surface area contributed by atoms with Gasteiger partial charge in [-0.2, -0.15) is 0 Å². The summed E-state index contributed by atoms with van der Waals surface area (Å²) in [5.74, 6) is 1.08. The molecule has 18 heavy (non-hydrogen) atoms. The molecule has 3 heteroatoms. The normalized spacial score (nSPS) is 30.6. The first kappa shape index (κ1) is 11.7. The van der Waals surface area contributed by atoms with Crippen molar-refractivity contribution in [2.24, 2.45) is 11.8 Å². The van der Waals surface area contributed by atoms with Crippen LogP contribution in [0.25, 0.3) is 0 Å². The Morgan fingerprint density at radius 3 is 2.83 bits per heavy atom. The second kappa shape index (κ2) is 4.39. The summed E-state index contributed by atoms with van der Waals surface area (Å²) in [5, 5.41) is 9.94. The lowest BCUT2D eigenvalue weighted by molar-refractivity contribution is 0.112. The number of rotatable bonds is 2. The lowest BCUT2D eigenvalue weighted by Gasteiger charge is -2.22. The van der Waals surface area contributed by atoms with Gasteiger partial charge in [0, 0.05) is 30.3 Å². The van der Waals surface area contributed by atoms with Crippen LogP contribution in [0.5, 0.6) is 0 Å². The number of benzene rings is 1. The summed E-state index contributed by atoms with van der Waals surface area (Å²) in [6.07, 6.45) is 2.88. The Bertz CT molecular complexity index is 472. The molecule has 1 N–H and O–H groups in total. The fraction of sp³-hybridized carbons (Fsp3) is 0.533. The highest BCUT2D eigenvalue weighted by atomic mass is 16.3. The van der Waals surface area contributed by atoms with Gasteiger partial charge >= 0.3 is 0 Å². The van der Waals surface area contributed by atoms with Crippen LogP contribution >= 0.6 is 0 Å². The van der Waals surface area contributed by atoms with E-state index < -0.39 is 0 Å². The number of carbonyl (C=O) groups is 1. The molecule has 1 heterocycles. The van der Waals surface area contributed by atoms with Gasteiger partial charge in [-0.15, -0.1) is 0 Å². The highest BCUT2D eigenvalue weighted by Crippen LogP contribution is 2.40. The zero-order valence-electron chi connectivity index (χ0n) is 10.7. The van der Waals surface area contributed by atoms with Crippen LogP contribution in [0.1, 0.15) is 28.8 Å². The summed E-state index contributed by atoms with van der Waals surface area (Å²) >= 11 is 0. The van der Waals surface area contributed by atoms with Gasteiger partial charge < -0.3 is 10.0 Å². The maximum atomic E-state index is 10.7. The Hall–Kier alpha value is -1.35. The van der Waals surface area contributed by atoms with Crippen LogP contribution in [-0.2, 0) is 0 Å². The fourth-order valence-corrected chi connectivity index (χ4v) is 3.54. The number of carbonyl (C=O) groups excluding carboxylic acids is 1. The minimum Gasteiger partial charge on any atom is -0.393 e. The van der Waals surface area contributed by atoms with E-state index >= 15 is 0 Å². The lowest BCUT2D eigenvalue weighted by Crippen LogP contribution is -2.25. The summed E-state index contributed by atoms with van der Waals surface area (Å²) in [6.45, 7) is 4.04. The van der Waals surface area contributed by atoms with Gasteiger partial charge in [0.1, 0.15) is 6.29 Å². The van der Waals surface area contributed by atoms with E-state index in [1.54, 1.807) is 0 Å². The average molecular weight is 245 g/mol. The van der Waals surface area contributed by atoms with Crippen LogP contribution in [0, 0.1) is 18.8 Å². The van der Waals surface area contributed by atoms with Gasteiger partial charge in [0.15, 0.2) is 0 Å². The van der Waals surface area contributed by atoms with Crippen LogP contribution < -0.4 is 4.90 Å². The van der Waals surface area contributed by atoms with Crippen LogP contribution in [0.4, 0.5) is 5.69 Å². The summed E-state index contributed by atoms with van der Waals surface area (Å²) in [6, 6.07) is 5.85. The standard InChI is InChI=1S/C15H19NO2/c1-10-6-11(9-17)2-4-14(10)16-7-12-3-5-15(18)13(12)8-16/h2,4,6,9,12-13,15,18H,3,5,7-8H2,1H3. The molecule has 1 aliphatic carbocycles. The van der Waals surface area contributed by atoms with E-state index in [4.69, 9.17) is 0 Å². The van der Waals surface area contributed by atoms with Gasteiger partial charge in [0.25, 0.3) is 0 Å². The Balaban J connectivity index is 1.82. The average Bonchev–Trinajstić information content (AvgIpc) is 2.92. The molecule has 3 atom stereocenters. The molecule has 0 spiro atoms. The summed E-state index contributed by atoms with van der Waals surface area (Å²) in [7, 11) is 0. The number of fused-ring (bicyclic) bond motifs is 1. The van der Waals surface area contributed by atoms with Crippen LogP contribution in [0.15, 0.2) is 18.2 Å². The third-order valence-electron chi connectivity index (χ3n) is 4.52. The molecule has 2 fully saturated rings. The Kier molecular flexibility index (Phi) is 2.86.